The quantitative estimate of drug-likeness (QED) is 0.136. The van der Waals surface area contributed by atoms with E-state index in [-0.39, 0.29) is 39.4 Å². The molecule has 0 radical (unpaired) electrons. The van der Waals surface area contributed by atoms with Crippen molar-refractivity contribution in [2.75, 3.05) is 19.6 Å². The number of rotatable bonds is 10. The molecule has 4 aromatic carbocycles. The Bertz CT molecular complexity index is 1300. The van der Waals surface area contributed by atoms with Gasteiger partial charge in [-0.2, -0.15) is 0 Å². The van der Waals surface area contributed by atoms with E-state index in [0.717, 1.165) is 61.1 Å². The van der Waals surface area contributed by atoms with Crippen LogP contribution in [0.25, 0.3) is 10.8 Å². The summed E-state index contributed by atoms with van der Waals surface area (Å²) >= 11 is 0. The molecule has 0 amide bonds. The van der Waals surface area contributed by atoms with Gasteiger partial charge in [-0.3, -0.25) is 0 Å². The Morgan fingerprint density at radius 3 is 1.58 bits per heavy atom. The van der Waals surface area contributed by atoms with Gasteiger partial charge in [0.15, 0.2) is 0 Å². The summed E-state index contributed by atoms with van der Waals surface area (Å²) in [5.74, 6) is 0. The molecule has 0 atom stereocenters. The zero-order valence-corrected chi connectivity index (χ0v) is 29.5. The van der Waals surface area contributed by atoms with Gasteiger partial charge in [0.25, 0.3) is 0 Å². The van der Waals surface area contributed by atoms with E-state index in [1.807, 2.05) is 12.1 Å². The molecule has 3 saturated heterocycles. The summed E-state index contributed by atoms with van der Waals surface area (Å²) in [7, 11) is 0. The van der Waals surface area contributed by atoms with E-state index >= 15 is 0 Å². The molecule has 3 heterocycles. The van der Waals surface area contributed by atoms with Crippen molar-refractivity contribution in [3.63, 3.8) is 0 Å². The van der Waals surface area contributed by atoms with Gasteiger partial charge >= 0.3 is 0 Å². The molecule has 0 aromatic heterocycles. The fourth-order valence-corrected chi connectivity index (χ4v) is 7.56. The Kier molecular flexibility index (Phi) is 13.5. The summed E-state index contributed by atoms with van der Waals surface area (Å²) in [6.07, 6.45) is 11.7. The molecule has 0 aliphatic carbocycles. The number of quaternary nitrogens is 1. The number of hydrogen-bond acceptors (Lipinski definition) is 1. The van der Waals surface area contributed by atoms with E-state index in [4.69, 9.17) is 0 Å². The maximum Gasteiger partial charge on any atom is 0.121 e. The van der Waals surface area contributed by atoms with Crippen molar-refractivity contribution < 1.29 is 26.6 Å². The lowest BCUT2D eigenvalue weighted by Gasteiger charge is -2.60. The Labute approximate surface area is 281 Å². The van der Waals surface area contributed by atoms with E-state index in [0.29, 0.717) is 0 Å². The number of hydrogen-bond donors (Lipinski definition) is 1. The van der Waals surface area contributed by atoms with E-state index in [1.165, 1.54) is 54.9 Å². The third kappa shape index (κ3) is 7.82. The number of aliphatic hydroxyl groups is 1. The van der Waals surface area contributed by atoms with Crippen molar-refractivity contribution in [1.29, 1.82) is 0 Å². The molecule has 3 aliphatic heterocycles. The van der Waals surface area contributed by atoms with Gasteiger partial charge in [0.1, 0.15) is 12.1 Å². The van der Waals surface area contributed by atoms with Crippen molar-refractivity contribution >= 4 is 27.8 Å². The maximum atomic E-state index is 12.5. The van der Waals surface area contributed by atoms with Crippen molar-refractivity contribution in [3.05, 3.63) is 120 Å². The van der Waals surface area contributed by atoms with Crippen molar-refractivity contribution in [2.24, 2.45) is 5.41 Å². The number of nitrogens with zero attached hydrogens (tertiary/aromatic N) is 1. The smallest absolute Gasteiger partial charge is 0.121 e. The van der Waals surface area contributed by atoms with Gasteiger partial charge in [-0.25, -0.2) is 0 Å². The highest BCUT2D eigenvalue weighted by molar-refractivity contribution is 8.93. The molecule has 7 rings (SSSR count). The molecule has 1 N–H and O–H groups in total. The highest BCUT2D eigenvalue weighted by Gasteiger charge is 2.60. The SMILES string of the molecule is Br.CCCCCCCC.OC(c1ccccc1)(c1ccccc1)C12CC[N+](Cc3ccc4ccccc4c3)(CC1)CC2.[Br-]. The molecule has 4 aromatic rings. The lowest BCUT2D eigenvalue weighted by Crippen LogP contribution is -3.00. The van der Waals surface area contributed by atoms with E-state index in [9.17, 15) is 5.11 Å². The largest absolute Gasteiger partial charge is 1.00 e. The first-order valence-corrected chi connectivity index (χ1v) is 16.2. The van der Waals surface area contributed by atoms with Gasteiger partial charge < -0.3 is 26.6 Å². The van der Waals surface area contributed by atoms with Crippen LogP contribution < -0.4 is 17.0 Å². The summed E-state index contributed by atoms with van der Waals surface area (Å²) in [5.41, 5.74) is 2.44. The fourth-order valence-electron chi connectivity index (χ4n) is 7.56. The monoisotopic (exact) mass is 707 g/mol. The van der Waals surface area contributed by atoms with Gasteiger partial charge in [0, 0.05) is 30.2 Å². The molecule has 0 spiro atoms. The molecule has 2 nitrogen and oxygen atoms in total. The van der Waals surface area contributed by atoms with E-state index < -0.39 is 5.60 Å². The predicted molar refractivity (Wildman–Crippen MR) is 184 cm³/mol. The van der Waals surface area contributed by atoms with Crippen LogP contribution in [0.3, 0.4) is 0 Å². The minimum absolute atomic E-state index is 0. The Hall–Kier alpha value is -1.98. The van der Waals surface area contributed by atoms with Gasteiger partial charge in [0.2, 0.25) is 0 Å². The first-order chi connectivity index (χ1) is 20.0. The van der Waals surface area contributed by atoms with Gasteiger partial charge in [-0.15, -0.1) is 17.0 Å². The zero-order chi connectivity index (χ0) is 28.6. The Morgan fingerprint density at radius 1 is 0.628 bits per heavy atom. The topological polar surface area (TPSA) is 20.2 Å². The summed E-state index contributed by atoms with van der Waals surface area (Å²) in [4.78, 5) is 0. The maximum absolute atomic E-state index is 12.5. The van der Waals surface area contributed by atoms with Crippen LogP contribution in [0.5, 0.6) is 0 Å². The highest BCUT2D eigenvalue weighted by Crippen LogP contribution is 2.57. The van der Waals surface area contributed by atoms with Gasteiger partial charge in [0.05, 0.1) is 19.6 Å². The number of piperidine rings is 3. The van der Waals surface area contributed by atoms with Crippen molar-refractivity contribution in [2.45, 2.75) is 83.8 Å². The number of unbranched alkanes of at least 4 members (excludes halogenated alkanes) is 5. The Morgan fingerprint density at radius 2 is 1.09 bits per heavy atom. The van der Waals surface area contributed by atoms with Crippen LogP contribution >= 0.6 is 17.0 Å². The van der Waals surface area contributed by atoms with Crippen LogP contribution in [0.1, 0.15) is 88.3 Å². The number of fused-ring (bicyclic) bond motifs is 4. The molecular weight excluding hydrogens is 658 g/mol. The minimum Gasteiger partial charge on any atom is -1.00 e. The van der Waals surface area contributed by atoms with Gasteiger partial charge in [-0.05, 0) is 28.0 Å². The number of benzene rings is 4. The second kappa shape index (κ2) is 16.4. The molecule has 0 saturated carbocycles. The van der Waals surface area contributed by atoms with Gasteiger partial charge in [-0.1, -0.05) is 149 Å². The molecule has 43 heavy (non-hydrogen) atoms. The van der Waals surface area contributed by atoms with Crippen molar-refractivity contribution in [1.82, 2.24) is 0 Å². The number of halogens is 2. The van der Waals surface area contributed by atoms with E-state index in [2.05, 4.69) is 105 Å². The second-order valence-corrected chi connectivity index (χ2v) is 12.7. The predicted octanol–water partition coefficient (Wildman–Crippen LogP) is 7.23. The summed E-state index contributed by atoms with van der Waals surface area (Å²) in [6, 6.07) is 36.4. The van der Waals surface area contributed by atoms with Crippen LogP contribution in [0, 0.1) is 5.41 Å². The summed E-state index contributed by atoms with van der Waals surface area (Å²) in [5, 5.41) is 15.2. The second-order valence-electron chi connectivity index (χ2n) is 12.7. The average molecular weight is 710 g/mol. The first-order valence-electron chi connectivity index (χ1n) is 16.2. The Balaban J connectivity index is 0.000000450. The molecular formula is C39H51Br2NO. The molecule has 2 bridgehead atoms. The lowest BCUT2D eigenvalue weighted by molar-refractivity contribution is -0.958. The van der Waals surface area contributed by atoms with Crippen molar-refractivity contribution in [3.8, 4) is 0 Å². The minimum atomic E-state index is -0.949. The van der Waals surface area contributed by atoms with Crippen LogP contribution in [0.2, 0.25) is 0 Å². The van der Waals surface area contributed by atoms with Crippen LogP contribution in [-0.4, -0.2) is 29.2 Å². The molecule has 3 aliphatic rings. The van der Waals surface area contributed by atoms with E-state index in [1.54, 1.807) is 0 Å². The van der Waals surface area contributed by atoms with Crippen LogP contribution in [0.4, 0.5) is 0 Å². The standard InChI is InChI=1S/C31H32NO.C8H18.2BrH/c33-31(28-11-3-1-4-12-28,29-13-5-2-6-14-29)30-17-20-32(21-18-30,22-19-30)24-25-15-16-26-9-7-8-10-27(26)23-25;1-3-5-7-8-6-4-2;;/h1-16,23,33H,17-22,24H2;3-8H2,1-2H3;2*1H/q+1;;;/p-1. The average Bonchev–Trinajstić information content (AvgIpc) is 3.04. The highest BCUT2D eigenvalue weighted by atomic mass is 79.9. The molecule has 0 unspecified atom stereocenters. The lowest BCUT2D eigenvalue weighted by atomic mass is 9.56. The third-order valence-corrected chi connectivity index (χ3v) is 10.1. The zero-order valence-electron chi connectivity index (χ0n) is 26.2. The molecule has 232 valence electrons. The van der Waals surface area contributed by atoms with Crippen LogP contribution in [-0.2, 0) is 12.1 Å². The fraction of sp³-hybridized carbons (Fsp3) is 0.436. The summed E-state index contributed by atoms with van der Waals surface area (Å²) in [6.45, 7) is 9.01. The normalized spacial score (nSPS) is 20.8. The van der Waals surface area contributed by atoms with Crippen LogP contribution in [0.15, 0.2) is 103 Å². The molecule has 4 heteroatoms. The first kappa shape index (κ1) is 35.5. The molecule has 3 fully saturated rings. The summed E-state index contributed by atoms with van der Waals surface area (Å²) < 4.78 is 1.15. The third-order valence-electron chi connectivity index (χ3n) is 10.1.